The van der Waals surface area contributed by atoms with Gasteiger partial charge in [0.2, 0.25) is 0 Å². The molecule has 2 atom stereocenters. The van der Waals surface area contributed by atoms with Gasteiger partial charge in [-0.3, -0.25) is 9.58 Å². The molecular formula is C16H26N4O. The van der Waals surface area contributed by atoms with Crippen molar-refractivity contribution in [1.29, 1.82) is 0 Å². The summed E-state index contributed by atoms with van der Waals surface area (Å²) in [6, 6.07) is 0.782. The lowest BCUT2D eigenvalue weighted by Gasteiger charge is -2.43. The third-order valence-corrected chi connectivity index (χ3v) is 5.42. The van der Waals surface area contributed by atoms with Crippen molar-refractivity contribution in [3.05, 3.63) is 18.0 Å². The van der Waals surface area contributed by atoms with Gasteiger partial charge in [0, 0.05) is 76.7 Å². The van der Waals surface area contributed by atoms with Gasteiger partial charge in [0.05, 0.1) is 6.20 Å². The summed E-state index contributed by atoms with van der Waals surface area (Å²) in [7, 11) is 1.99. The first-order chi connectivity index (χ1) is 10.3. The maximum absolute atomic E-state index is 5.47. The number of rotatable bonds is 4. The smallest absolute Gasteiger partial charge is 0.0534 e. The first-order valence-electron chi connectivity index (χ1n) is 8.29. The van der Waals surface area contributed by atoms with Gasteiger partial charge in [0.15, 0.2) is 0 Å². The SMILES string of the molecule is Cn1cc(CN2C[C@@H]3CN(CC4CCOCC4)C[C@@H]32)cn1. The lowest BCUT2D eigenvalue weighted by atomic mass is 9.92. The maximum atomic E-state index is 5.47. The van der Waals surface area contributed by atoms with E-state index in [0.717, 1.165) is 37.6 Å². The summed E-state index contributed by atoms with van der Waals surface area (Å²) in [5, 5.41) is 4.27. The van der Waals surface area contributed by atoms with Crippen LogP contribution in [0.15, 0.2) is 12.4 Å². The van der Waals surface area contributed by atoms with Crippen LogP contribution in [0.3, 0.4) is 0 Å². The van der Waals surface area contributed by atoms with Crippen LogP contribution in [-0.2, 0) is 18.3 Å². The van der Waals surface area contributed by atoms with Crippen LogP contribution in [0.1, 0.15) is 18.4 Å². The molecule has 0 aromatic carbocycles. The molecule has 0 radical (unpaired) electrons. The van der Waals surface area contributed by atoms with Gasteiger partial charge >= 0.3 is 0 Å². The largest absolute Gasteiger partial charge is 0.381 e. The Hall–Kier alpha value is -0.910. The number of fused-ring (bicyclic) bond motifs is 1. The highest BCUT2D eigenvalue weighted by Crippen LogP contribution is 2.34. The highest BCUT2D eigenvalue weighted by atomic mass is 16.5. The number of hydrogen-bond acceptors (Lipinski definition) is 4. The highest BCUT2D eigenvalue weighted by molar-refractivity contribution is 5.08. The predicted molar refractivity (Wildman–Crippen MR) is 80.9 cm³/mol. The molecule has 3 fully saturated rings. The minimum absolute atomic E-state index is 0.782. The van der Waals surface area contributed by atoms with Crippen LogP contribution < -0.4 is 0 Å². The molecule has 0 N–H and O–H groups in total. The second-order valence-electron chi connectivity index (χ2n) is 7.05. The van der Waals surface area contributed by atoms with Crippen molar-refractivity contribution in [2.75, 3.05) is 39.4 Å². The fourth-order valence-electron chi connectivity index (χ4n) is 4.25. The molecule has 21 heavy (non-hydrogen) atoms. The van der Waals surface area contributed by atoms with Crippen LogP contribution >= 0.6 is 0 Å². The van der Waals surface area contributed by atoms with Crippen molar-refractivity contribution in [3.63, 3.8) is 0 Å². The zero-order chi connectivity index (χ0) is 14.2. The van der Waals surface area contributed by atoms with Crippen molar-refractivity contribution >= 4 is 0 Å². The predicted octanol–water partition coefficient (Wildman–Crippen LogP) is 0.963. The molecule has 0 saturated carbocycles. The van der Waals surface area contributed by atoms with E-state index < -0.39 is 0 Å². The van der Waals surface area contributed by atoms with E-state index in [1.807, 2.05) is 17.9 Å². The molecule has 4 rings (SSSR count). The fourth-order valence-corrected chi connectivity index (χ4v) is 4.25. The molecule has 5 nitrogen and oxygen atoms in total. The van der Waals surface area contributed by atoms with E-state index in [4.69, 9.17) is 4.74 Å². The Morgan fingerprint density at radius 1 is 1.24 bits per heavy atom. The summed E-state index contributed by atoms with van der Waals surface area (Å²) >= 11 is 0. The minimum atomic E-state index is 0.782. The van der Waals surface area contributed by atoms with Crippen LogP contribution in [0.4, 0.5) is 0 Å². The zero-order valence-electron chi connectivity index (χ0n) is 12.9. The van der Waals surface area contributed by atoms with Gasteiger partial charge in [0.25, 0.3) is 0 Å². The number of aromatic nitrogens is 2. The van der Waals surface area contributed by atoms with Gasteiger partial charge in [-0.2, -0.15) is 5.10 Å². The van der Waals surface area contributed by atoms with E-state index in [2.05, 4.69) is 21.1 Å². The van der Waals surface area contributed by atoms with E-state index in [-0.39, 0.29) is 0 Å². The summed E-state index contributed by atoms with van der Waals surface area (Å²) in [5.74, 6) is 1.77. The molecular weight excluding hydrogens is 264 g/mol. The molecule has 3 saturated heterocycles. The fraction of sp³-hybridized carbons (Fsp3) is 0.812. The van der Waals surface area contributed by atoms with E-state index >= 15 is 0 Å². The van der Waals surface area contributed by atoms with E-state index in [9.17, 15) is 0 Å². The lowest BCUT2D eigenvalue weighted by molar-refractivity contribution is 0.0429. The summed E-state index contributed by atoms with van der Waals surface area (Å²) in [4.78, 5) is 5.33. The van der Waals surface area contributed by atoms with Crippen molar-refractivity contribution < 1.29 is 4.74 Å². The first-order valence-corrected chi connectivity index (χ1v) is 8.29. The molecule has 0 unspecified atom stereocenters. The zero-order valence-corrected chi connectivity index (χ0v) is 12.9. The van der Waals surface area contributed by atoms with Crippen LogP contribution in [0.5, 0.6) is 0 Å². The average Bonchev–Trinajstić information content (AvgIpc) is 3.02. The summed E-state index contributed by atoms with van der Waals surface area (Å²) in [6.07, 6.45) is 6.65. The molecule has 0 bridgehead atoms. The number of hydrogen-bond donors (Lipinski definition) is 0. The molecule has 3 aliphatic rings. The van der Waals surface area contributed by atoms with Crippen LogP contribution in [0, 0.1) is 11.8 Å². The Balaban J connectivity index is 1.28. The number of nitrogens with zero attached hydrogens (tertiary/aromatic N) is 4. The van der Waals surface area contributed by atoms with Crippen LogP contribution in [0.25, 0.3) is 0 Å². The highest BCUT2D eigenvalue weighted by Gasteiger charge is 2.45. The maximum Gasteiger partial charge on any atom is 0.0534 e. The second kappa shape index (κ2) is 5.71. The molecule has 1 aromatic heterocycles. The molecule has 3 aliphatic heterocycles. The van der Waals surface area contributed by atoms with Gasteiger partial charge in [0.1, 0.15) is 0 Å². The van der Waals surface area contributed by atoms with E-state index in [0.29, 0.717) is 0 Å². The summed E-state index contributed by atoms with van der Waals surface area (Å²) in [6.45, 7) is 8.14. The Morgan fingerprint density at radius 2 is 2.10 bits per heavy atom. The lowest BCUT2D eigenvalue weighted by Crippen LogP contribution is -2.54. The molecule has 116 valence electrons. The number of ether oxygens (including phenoxy) is 1. The number of aryl methyl sites for hydroxylation is 1. The van der Waals surface area contributed by atoms with Gasteiger partial charge in [-0.15, -0.1) is 0 Å². The van der Waals surface area contributed by atoms with Gasteiger partial charge in [-0.1, -0.05) is 0 Å². The molecule has 4 heterocycles. The minimum Gasteiger partial charge on any atom is -0.381 e. The van der Waals surface area contributed by atoms with Crippen molar-refractivity contribution in [1.82, 2.24) is 19.6 Å². The van der Waals surface area contributed by atoms with E-state index in [1.54, 1.807) is 0 Å². The topological polar surface area (TPSA) is 33.5 Å². The standard InChI is InChI=1S/C16H26N4O/c1-18-7-14(6-17-18)9-20-11-15-10-19(12-16(15)20)8-13-2-4-21-5-3-13/h6-7,13,15-16H,2-5,8-12H2,1H3/t15-,16-/m0/s1. The van der Waals surface area contributed by atoms with Gasteiger partial charge in [-0.05, 0) is 18.8 Å². The monoisotopic (exact) mass is 290 g/mol. The molecule has 1 aromatic rings. The summed E-state index contributed by atoms with van der Waals surface area (Å²) < 4.78 is 7.37. The Morgan fingerprint density at radius 3 is 2.86 bits per heavy atom. The normalized spacial score (nSPS) is 31.3. The van der Waals surface area contributed by atoms with Gasteiger partial charge < -0.3 is 9.64 Å². The Labute approximate surface area is 126 Å². The van der Waals surface area contributed by atoms with Crippen molar-refractivity contribution in [3.8, 4) is 0 Å². The molecule has 0 aliphatic carbocycles. The Bertz CT molecular complexity index is 482. The third-order valence-electron chi connectivity index (χ3n) is 5.42. The Kier molecular flexibility index (Phi) is 3.73. The van der Waals surface area contributed by atoms with Crippen molar-refractivity contribution in [2.24, 2.45) is 18.9 Å². The molecule has 0 amide bonds. The second-order valence-corrected chi connectivity index (χ2v) is 7.05. The quantitative estimate of drug-likeness (QED) is 0.827. The van der Waals surface area contributed by atoms with Crippen LogP contribution in [-0.4, -0.2) is 65.0 Å². The third kappa shape index (κ3) is 2.87. The van der Waals surface area contributed by atoms with E-state index in [1.165, 1.54) is 44.6 Å². The summed E-state index contributed by atoms with van der Waals surface area (Å²) in [5.41, 5.74) is 1.35. The molecule has 0 spiro atoms. The first kappa shape index (κ1) is 13.7. The molecule has 5 heteroatoms. The average molecular weight is 290 g/mol. The van der Waals surface area contributed by atoms with Gasteiger partial charge in [-0.25, -0.2) is 0 Å². The van der Waals surface area contributed by atoms with Crippen molar-refractivity contribution in [2.45, 2.75) is 25.4 Å². The number of likely N-dealkylation sites (tertiary alicyclic amines) is 2. The van der Waals surface area contributed by atoms with Crippen LogP contribution in [0.2, 0.25) is 0 Å².